The summed E-state index contributed by atoms with van der Waals surface area (Å²) in [6.45, 7) is 4.66. The zero-order valence-electron chi connectivity index (χ0n) is 16.1. The maximum atomic E-state index is 13.2. The van der Waals surface area contributed by atoms with E-state index < -0.39 is 0 Å². The van der Waals surface area contributed by atoms with Crippen molar-refractivity contribution in [2.24, 2.45) is 0 Å². The Morgan fingerprint density at radius 2 is 2.10 bits per heavy atom. The lowest BCUT2D eigenvalue weighted by Crippen LogP contribution is -2.39. The van der Waals surface area contributed by atoms with Gasteiger partial charge in [0, 0.05) is 30.6 Å². The SMILES string of the molecule is Cc1ccc(-c2ccc3c(c2)CCN(C(=O)c2cc4ncc(Br)cn4n2)C3C)o1. The Bertz CT molecular complexity index is 1240. The van der Waals surface area contributed by atoms with E-state index in [2.05, 4.69) is 51.1 Å². The van der Waals surface area contributed by atoms with Gasteiger partial charge in [0.1, 0.15) is 11.5 Å². The van der Waals surface area contributed by atoms with Crippen molar-refractivity contribution in [2.45, 2.75) is 26.3 Å². The first-order valence-electron chi connectivity index (χ1n) is 9.51. The van der Waals surface area contributed by atoms with Gasteiger partial charge in [-0.1, -0.05) is 12.1 Å². The molecule has 0 aliphatic carbocycles. The summed E-state index contributed by atoms with van der Waals surface area (Å²) < 4.78 is 8.19. The van der Waals surface area contributed by atoms with Crippen LogP contribution in [0.2, 0.25) is 0 Å². The highest BCUT2D eigenvalue weighted by Crippen LogP contribution is 2.34. The lowest BCUT2D eigenvalue weighted by atomic mass is 9.91. The van der Waals surface area contributed by atoms with Crippen molar-refractivity contribution in [3.8, 4) is 11.3 Å². The second kappa shape index (κ2) is 6.84. The average Bonchev–Trinajstić information content (AvgIpc) is 3.33. The summed E-state index contributed by atoms with van der Waals surface area (Å²) in [6, 6.07) is 12.0. The van der Waals surface area contributed by atoms with Crippen molar-refractivity contribution in [2.75, 3.05) is 6.54 Å². The van der Waals surface area contributed by atoms with Gasteiger partial charge >= 0.3 is 0 Å². The minimum Gasteiger partial charge on any atom is -0.461 e. The number of hydrogen-bond donors (Lipinski definition) is 0. The number of carbonyl (C=O) groups excluding carboxylic acids is 1. The largest absolute Gasteiger partial charge is 0.461 e. The van der Waals surface area contributed by atoms with E-state index in [0.29, 0.717) is 17.9 Å². The molecule has 1 amide bonds. The van der Waals surface area contributed by atoms with Crippen LogP contribution in [0.5, 0.6) is 0 Å². The van der Waals surface area contributed by atoms with E-state index in [1.807, 2.05) is 24.0 Å². The van der Waals surface area contributed by atoms with Crippen LogP contribution in [0.15, 0.2) is 57.7 Å². The van der Waals surface area contributed by atoms with Gasteiger partial charge in [-0.25, -0.2) is 9.50 Å². The van der Waals surface area contributed by atoms with Gasteiger partial charge in [0.25, 0.3) is 5.91 Å². The van der Waals surface area contributed by atoms with Gasteiger partial charge in [-0.15, -0.1) is 0 Å². The first kappa shape index (κ1) is 18.1. The van der Waals surface area contributed by atoms with Gasteiger partial charge in [-0.2, -0.15) is 5.10 Å². The number of carbonyl (C=O) groups is 1. The zero-order valence-corrected chi connectivity index (χ0v) is 17.7. The Morgan fingerprint density at radius 1 is 1.24 bits per heavy atom. The molecule has 4 aromatic rings. The molecule has 29 heavy (non-hydrogen) atoms. The molecule has 0 fully saturated rings. The highest BCUT2D eigenvalue weighted by Gasteiger charge is 2.30. The molecule has 0 saturated carbocycles. The highest BCUT2D eigenvalue weighted by atomic mass is 79.9. The molecular weight excluding hydrogens is 432 g/mol. The molecule has 146 valence electrons. The maximum absolute atomic E-state index is 13.2. The van der Waals surface area contributed by atoms with E-state index in [4.69, 9.17) is 4.42 Å². The zero-order chi connectivity index (χ0) is 20.1. The third kappa shape index (κ3) is 3.15. The Hall–Kier alpha value is -2.93. The Kier molecular flexibility index (Phi) is 4.28. The number of aromatic nitrogens is 3. The molecule has 4 heterocycles. The molecule has 1 unspecified atom stereocenters. The molecule has 1 atom stereocenters. The van der Waals surface area contributed by atoms with E-state index in [0.717, 1.165) is 28.0 Å². The van der Waals surface area contributed by atoms with Gasteiger partial charge in [-0.3, -0.25) is 4.79 Å². The van der Waals surface area contributed by atoms with Gasteiger partial charge in [-0.05, 0) is 65.5 Å². The summed E-state index contributed by atoms with van der Waals surface area (Å²) >= 11 is 3.38. The van der Waals surface area contributed by atoms with E-state index in [1.54, 1.807) is 23.0 Å². The van der Waals surface area contributed by atoms with Crippen molar-refractivity contribution < 1.29 is 9.21 Å². The van der Waals surface area contributed by atoms with Crippen LogP contribution in [0.4, 0.5) is 0 Å². The average molecular weight is 451 g/mol. The molecule has 5 rings (SSSR count). The molecule has 0 saturated heterocycles. The molecular formula is C22H19BrN4O2. The van der Waals surface area contributed by atoms with Crippen LogP contribution in [-0.4, -0.2) is 31.9 Å². The molecule has 1 aliphatic rings. The van der Waals surface area contributed by atoms with Crippen LogP contribution < -0.4 is 0 Å². The van der Waals surface area contributed by atoms with E-state index in [9.17, 15) is 4.79 Å². The molecule has 7 heteroatoms. The predicted octanol–water partition coefficient (Wildman–Crippen LogP) is 4.82. The van der Waals surface area contributed by atoms with Gasteiger partial charge in [0.2, 0.25) is 0 Å². The number of fused-ring (bicyclic) bond motifs is 2. The number of halogens is 1. The molecule has 0 bridgehead atoms. The first-order chi connectivity index (χ1) is 14.0. The van der Waals surface area contributed by atoms with E-state index >= 15 is 0 Å². The first-order valence-corrected chi connectivity index (χ1v) is 10.3. The predicted molar refractivity (Wildman–Crippen MR) is 113 cm³/mol. The Balaban J connectivity index is 1.44. The second-order valence-corrected chi connectivity index (χ2v) is 8.27. The second-order valence-electron chi connectivity index (χ2n) is 7.35. The lowest BCUT2D eigenvalue weighted by Gasteiger charge is -2.35. The maximum Gasteiger partial charge on any atom is 0.274 e. The fourth-order valence-corrected chi connectivity index (χ4v) is 4.25. The van der Waals surface area contributed by atoms with Crippen molar-refractivity contribution in [1.29, 1.82) is 0 Å². The van der Waals surface area contributed by atoms with Crippen LogP contribution >= 0.6 is 15.9 Å². The van der Waals surface area contributed by atoms with Crippen LogP contribution in [0.3, 0.4) is 0 Å². The smallest absolute Gasteiger partial charge is 0.274 e. The van der Waals surface area contributed by atoms with Crippen molar-refractivity contribution >= 4 is 27.5 Å². The molecule has 1 aliphatic heterocycles. The summed E-state index contributed by atoms with van der Waals surface area (Å²) in [4.78, 5) is 19.3. The minimum absolute atomic E-state index is 0.0249. The van der Waals surface area contributed by atoms with Crippen molar-refractivity contribution in [3.63, 3.8) is 0 Å². The topological polar surface area (TPSA) is 63.6 Å². The quantitative estimate of drug-likeness (QED) is 0.439. The summed E-state index contributed by atoms with van der Waals surface area (Å²) in [5.41, 5.74) is 4.56. The van der Waals surface area contributed by atoms with Gasteiger partial charge < -0.3 is 9.32 Å². The van der Waals surface area contributed by atoms with Crippen LogP contribution in [-0.2, 0) is 6.42 Å². The lowest BCUT2D eigenvalue weighted by molar-refractivity contribution is 0.0671. The standard InChI is InChI=1S/C22H19BrN4O2/c1-13-3-6-20(29-13)16-4-5-18-14(2)26(8-7-15(18)9-16)22(28)19-10-21-24-11-17(23)12-27(21)25-19/h3-6,9-12,14H,7-8H2,1-2H3. The van der Waals surface area contributed by atoms with E-state index in [1.165, 1.54) is 11.1 Å². The number of furan rings is 1. The minimum atomic E-state index is -0.0736. The fraction of sp³-hybridized carbons (Fsp3) is 0.227. The number of aryl methyl sites for hydroxylation is 1. The number of rotatable bonds is 2. The fourth-order valence-electron chi connectivity index (χ4n) is 3.96. The Morgan fingerprint density at radius 3 is 2.90 bits per heavy atom. The van der Waals surface area contributed by atoms with Crippen LogP contribution in [0, 0.1) is 6.92 Å². The van der Waals surface area contributed by atoms with Crippen LogP contribution in [0.1, 0.15) is 40.3 Å². The summed E-state index contributed by atoms with van der Waals surface area (Å²) in [7, 11) is 0. The van der Waals surface area contributed by atoms with Gasteiger partial charge in [0.05, 0.1) is 10.5 Å². The highest BCUT2D eigenvalue weighted by molar-refractivity contribution is 9.10. The van der Waals surface area contributed by atoms with Crippen molar-refractivity contribution in [3.05, 3.63) is 75.8 Å². The van der Waals surface area contributed by atoms with Gasteiger partial charge in [0.15, 0.2) is 11.3 Å². The molecule has 3 aromatic heterocycles. The molecule has 0 N–H and O–H groups in total. The number of amides is 1. The summed E-state index contributed by atoms with van der Waals surface area (Å²) in [6.07, 6.45) is 4.30. The number of nitrogens with zero attached hydrogens (tertiary/aromatic N) is 4. The third-order valence-corrected chi connectivity index (χ3v) is 5.88. The molecule has 6 nitrogen and oxygen atoms in total. The third-order valence-electron chi connectivity index (χ3n) is 5.47. The summed E-state index contributed by atoms with van der Waals surface area (Å²) in [5.74, 6) is 1.70. The normalized spacial score (nSPS) is 16.2. The van der Waals surface area contributed by atoms with Crippen LogP contribution in [0.25, 0.3) is 17.0 Å². The molecule has 0 radical (unpaired) electrons. The molecule has 1 aromatic carbocycles. The molecule has 0 spiro atoms. The summed E-state index contributed by atoms with van der Waals surface area (Å²) in [5, 5.41) is 4.42. The van der Waals surface area contributed by atoms with Crippen molar-refractivity contribution in [1.82, 2.24) is 19.5 Å². The Labute approximate surface area is 176 Å². The van der Waals surface area contributed by atoms with E-state index in [-0.39, 0.29) is 11.9 Å². The monoisotopic (exact) mass is 450 g/mol. The number of benzene rings is 1. The number of hydrogen-bond acceptors (Lipinski definition) is 4.